The van der Waals surface area contributed by atoms with Crippen LogP contribution in [0.5, 0.6) is 0 Å². The first-order chi connectivity index (χ1) is 13.7. The van der Waals surface area contributed by atoms with E-state index in [0.29, 0.717) is 11.9 Å². The number of halogens is 2. The van der Waals surface area contributed by atoms with E-state index >= 15 is 0 Å². The van der Waals surface area contributed by atoms with Crippen LogP contribution in [-0.2, 0) is 9.53 Å². The number of hydrogen-bond donors (Lipinski definition) is 1. The van der Waals surface area contributed by atoms with Crippen molar-refractivity contribution in [1.82, 2.24) is 14.8 Å². The monoisotopic (exact) mass is 400 g/mol. The van der Waals surface area contributed by atoms with Crippen molar-refractivity contribution in [2.75, 3.05) is 5.32 Å². The number of hydrogen-bond acceptors (Lipinski definition) is 5. The van der Waals surface area contributed by atoms with Gasteiger partial charge in [0.05, 0.1) is 16.9 Å². The Hall–Kier alpha value is -3.62. The van der Waals surface area contributed by atoms with Gasteiger partial charge in [0.25, 0.3) is 5.91 Å². The van der Waals surface area contributed by atoms with E-state index in [9.17, 15) is 18.4 Å². The number of pyridine rings is 1. The van der Waals surface area contributed by atoms with Crippen LogP contribution in [0.2, 0.25) is 0 Å². The third kappa shape index (κ3) is 4.63. The second-order valence-corrected chi connectivity index (χ2v) is 6.40. The lowest BCUT2D eigenvalue weighted by molar-refractivity contribution is -0.123. The fourth-order valence-corrected chi connectivity index (χ4v) is 2.60. The Kier molecular flexibility index (Phi) is 5.67. The summed E-state index contributed by atoms with van der Waals surface area (Å²) < 4.78 is 33.3. The number of amides is 1. The number of aromatic nitrogens is 3. The smallest absolute Gasteiger partial charge is 0.340 e. The molecule has 3 rings (SSSR count). The summed E-state index contributed by atoms with van der Waals surface area (Å²) in [6.07, 6.45) is 0.112. The molecule has 9 heteroatoms. The number of carbonyl (C=O) groups is 2. The first-order valence-electron chi connectivity index (χ1n) is 8.71. The first-order valence-corrected chi connectivity index (χ1v) is 8.71. The van der Waals surface area contributed by atoms with Gasteiger partial charge in [-0.25, -0.2) is 23.2 Å². The molecular formula is C20H18F2N4O3. The van der Waals surface area contributed by atoms with Crippen LogP contribution in [0.1, 0.15) is 28.7 Å². The van der Waals surface area contributed by atoms with Crippen LogP contribution in [0.4, 0.5) is 14.5 Å². The Morgan fingerprint density at radius 1 is 1.14 bits per heavy atom. The zero-order valence-corrected chi connectivity index (χ0v) is 15.9. The van der Waals surface area contributed by atoms with Crippen molar-refractivity contribution in [2.45, 2.75) is 26.9 Å². The molecule has 0 saturated heterocycles. The molecule has 0 saturated carbocycles. The maximum absolute atomic E-state index is 13.6. The van der Waals surface area contributed by atoms with Crippen molar-refractivity contribution in [3.63, 3.8) is 0 Å². The van der Waals surface area contributed by atoms with Crippen LogP contribution in [-0.4, -0.2) is 32.7 Å². The Balaban J connectivity index is 1.64. The van der Waals surface area contributed by atoms with E-state index in [1.807, 2.05) is 19.9 Å². The minimum atomic E-state index is -1.21. The molecule has 0 aliphatic carbocycles. The SMILES string of the molecule is Cc1cc(C)n(-c2ccc(C(=O)OC(C)C(=O)Nc3ccc(F)cc3F)cn2)n1. The topological polar surface area (TPSA) is 86.1 Å². The highest BCUT2D eigenvalue weighted by Gasteiger charge is 2.20. The Morgan fingerprint density at radius 3 is 2.48 bits per heavy atom. The molecule has 29 heavy (non-hydrogen) atoms. The summed E-state index contributed by atoms with van der Waals surface area (Å²) in [6.45, 7) is 5.08. The highest BCUT2D eigenvalue weighted by molar-refractivity contribution is 5.97. The average Bonchev–Trinajstić information content (AvgIpc) is 3.02. The number of anilines is 1. The van der Waals surface area contributed by atoms with Gasteiger partial charge < -0.3 is 10.1 Å². The summed E-state index contributed by atoms with van der Waals surface area (Å²) >= 11 is 0. The molecule has 0 radical (unpaired) electrons. The molecule has 0 spiro atoms. The fourth-order valence-electron chi connectivity index (χ4n) is 2.60. The molecule has 1 N–H and O–H groups in total. The molecule has 1 atom stereocenters. The maximum Gasteiger partial charge on any atom is 0.340 e. The maximum atomic E-state index is 13.6. The Morgan fingerprint density at radius 2 is 1.90 bits per heavy atom. The third-order valence-corrected chi connectivity index (χ3v) is 4.05. The molecule has 7 nitrogen and oxygen atoms in total. The summed E-state index contributed by atoms with van der Waals surface area (Å²) in [5.41, 5.74) is 1.66. The first kappa shape index (κ1) is 20.1. The van der Waals surface area contributed by atoms with E-state index < -0.39 is 29.6 Å². The number of nitrogens with one attached hydrogen (secondary N) is 1. The van der Waals surface area contributed by atoms with E-state index in [1.54, 1.807) is 10.7 Å². The van der Waals surface area contributed by atoms with Crippen molar-refractivity contribution in [2.24, 2.45) is 0 Å². The van der Waals surface area contributed by atoms with Crippen LogP contribution < -0.4 is 5.32 Å². The van der Waals surface area contributed by atoms with Crippen molar-refractivity contribution < 1.29 is 23.1 Å². The normalized spacial score (nSPS) is 11.8. The van der Waals surface area contributed by atoms with Crippen LogP contribution in [0.15, 0.2) is 42.6 Å². The van der Waals surface area contributed by atoms with Gasteiger partial charge >= 0.3 is 5.97 Å². The molecule has 0 bridgehead atoms. The van der Waals surface area contributed by atoms with Crippen LogP contribution in [0.3, 0.4) is 0 Å². The van der Waals surface area contributed by atoms with Crippen molar-refractivity contribution in [3.05, 3.63) is 71.2 Å². The summed E-state index contributed by atoms with van der Waals surface area (Å²) in [4.78, 5) is 28.6. The highest BCUT2D eigenvalue weighted by Crippen LogP contribution is 2.16. The summed E-state index contributed by atoms with van der Waals surface area (Å²) in [7, 11) is 0. The summed E-state index contributed by atoms with van der Waals surface area (Å²) in [6, 6.07) is 7.74. The third-order valence-electron chi connectivity index (χ3n) is 4.05. The van der Waals surface area contributed by atoms with Crippen molar-refractivity contribution in [1.29, 1.82) is 0 Å². The second kappa shape index (κ2) is 8.17. The van der Waals surface area contributed by atoms with Crippen molar-refractivity contribution >= 4 is 17.6 Å². The molecule has 0 fully saturated rings. The zero-order valence-electron chi connectivity index (χ0n) is 15.9. The lowest BCUT2D eigenvalue weighted by atomic mass is 10.2. The van der Waals surface area contributed by atoms with Gasteiger partial charge in [-0.2, -0.15) is 5.10 Å². The fraction of sp³-hybridized carbons (Fsp3) is 0.200. The number of benzene rings is 1. The molecule has 0 aliphatic rings. The molecule has 1 aromatic carbocycles. The molecule has 3 aromatic rings. The van der Waals surface area contributed by atoms with E-state index in [1.165, 1.54) is 19.2 Å². The van der Waals surface area contributed by atoms with Gasteiger partial charge in [-0.05, 0) is 51.1 Å². The lowest BCUT2D eigenvalue weighted by Gasteiger charge is -2.14. The van der Waals surface area contributed by atoms with Crippen LogP contribution >= 0.6 is 0 Å². The number of esters is 1. The quantitative estimate of drug-likeness (QED) is 0.664. The lowest BCUT2D eigenvalue weighted by Crippen LogP contribution is -2.30. The van der Waals surface area contributed by atoms with E-state index in [4.69, 9.17) is 4.74 Å². The molecule has 2 aromatic heterocycles. The number of carbonyl (C=O) groups excluding carboxylic acids is 2. The number of nitrogens with zero attached hydrogens (tertiary/aromatic N) is 3. The molecule has 2 heterocycles. The molecule has 150 valence electrons. The standard InChI is InChI=1S/C20H18F2N4O3/c1-11-8-12(2)26(25-11)18-7-4-14(10-23-18)20(28)29-13(3)19(27)24-17-6-5-15(21)9-16(17)22/h4-10,13H,1-3H3,(H,24,27). The zero-order chi connectivity index (χ0) is 21.1. The minimum Gasteiger partial charge on any atom is -0.449 e. The van der Waals surface area contributed by atoms with Gasteiger partial charge in [-0.3, -0.25) is 4.79 Å². The molecular weight excluding hydrogens is 382 g/mol. The van der Waals surface area contributed by atoms with Crippen molar-refractivity contribution in [3.8, 4) is 5.82 Å². The van der Waals surface area contributed by atoms with E-state index in [2.05, 4.69) is 15.4 Å². The largest absolute Gasteiger partial charge is 0.449 e. The van der Waals surface area contributed by atoms with Gasteiger partial charge in [0.15, 0.2) is 11.9 Å². The van der Waals surface area contributed by atoms with E-state index in [-0.39, 0.29) is 11.3 Å². The van der Waals surface area contributed by atoms with Gasteiger partial charge in [0.2, 0.25) is 0 Å². The summed E-state index contributed by atoms with van der Waals surface area (Å²) in [5.74, 6) is -2.68. The molecule has 0 aliphatic heterocycles. The second-order valence-electron chi connectivity index (χ2n) is 6.40. The van der Waals surface area contributed by atoms with Gasteiger partial charge in [0, 0.05) is 18.0 Å². The predicted molar refractivity (Wildman–Crippen MR) is 101 cm³/mol. The predicted octanol–water partition coefficient (Wildman–Crippen LogP) is 3.35. The van der Waals surface area contributed by atoms with Gasteiger partial charge in [0.1, 0.15) is 11.6 Å². The van der Waals surface area contributed by atoms with Gasteiger partial charge in [-0.15, -0.1) is 0 Å². The van der Waals surface area contributed by atoms with E-state index in [0.717, 1.165) is 23.5 Å². The van der Waals surface area contributed by atoms with Crippen LogP contribution in [0, 0.1) is 25.5 Å². The average molecular weight is 400 g/mol. The molecule has 1 amide bonds. The Bertz CT molecular complexity index is 1060. The summed E-state index contributed by atoms with van der Waals surface area (Å²) in [5, 5.41) is 6.56. The number of rotatable bonds is 5. The van der Waals surface area contributed by atoms with Crippen LogP contribution in [0.25, 0.3) is 5.82 Å². The minimum absolute atomic E-state index is 0.142. The highest BCUT2D eigenvalue weighted by atomic mass is 19.1. The van der Waals surface area contributed by atoms with Gasteiger partial charge in [-0.1, -0.05) is 0 Å². The number of aryl methyl sites for hydroxylation is 2. The molecule has 1 unspecified atom stereocenters. The number of ether oxygens (including phenoxy) is 1. The Labute approximate surface area is 165 Å².